The Labute approximate surface area is 318 Å². The van der Waals surface area contributed by atoms with Gasteiger partial charge in [0.2, 0.25) is 0 Å². The number of furan rings is 1. The van der Waals surface area contributed by atoms with Crippen molar-refractivity contribution < 1.29 is 34.4 Å². The first kappa shape index (κ1) is 30.7. The van der Waals surface area contributed by atoms with E-state index in [4.69, 9.17) is 9.90 Å². The maximum Gasteiger partial charge on any atom is 0.124 e. The summed E-state index contributed by atoms with van der Waals surface area (Å²) in [6, 6.07) is 41.4. The number of pyridine rings is 3. The van der Waals surface area contributed by atoms with Gasteiger partial charge in [0.15, 0.2) is 0 Å². The van der Waals surface area contributed by atoms with Gasteiger partial charge in [-0.3, -0.25) is 9.37 Å². The van der Waals surface area contributed by atoms with E-state index in [1.54, 1.807) is 79.1 Å². The fourth-order valence-electron chi connectivity index (χ4n) is 5.47. The summed E-state index contributed by atoms with van der Waals surface area (Å²) < 4.78 is 54.1. The number of halogens is 1. The molecule has 8 aromatic rings. The molecule has 4 aromatic heterocycles. The van der Waals surface area contributed by atoms with Crippen LogP contribution in [0.2, 0.25) is 19.6 Å². The molecule has 0 unspecified atom stereocenters. The van der Waals surface area contributed by atoms with Crippen LogP contribution < -0.4 is 5.19 Å². The van der Waals surface area contributed by atoms with E-state index in [0.29, 0.717) is 49.9 Å². The molecule has 0 fully saturated rings. The van der Waals surface area contributed by atoms with E-state index in [0.717, 1.165) is 11.3 Å². The molecular weight excluding hydrogens is 826 g/mol. The smallest absolute Gasteiger partial charge is 0.124 e. The van der Waals surface area contributed by atoms with Crippen molar-refractivity contribution in [3.8, 4) is 22.5 Å². The summed E-state index contributed by atoms with van der Waals surface area (Å²) >= 11 is 0. The van der Waals surface area contributed by atoms with E-state index >= 15 is 0 Å². The average Bonchev–Trinajstić information content (AvgIpc) is 3.57. The van der Waals surface area contributed by atoms with Crippen LogP contribution >= 0.6 is 0 Å². The molecule has 0 spiro atoms. The van der Waals surface area contributed by atoms with Gasteiger partial charge in [0.25, 0.3) is 0 Å². The Morgan fingerprint density at radius 1 is 0.667 bits per heavy atom. The Bertz CT molecular complexity index is 2550. The van der Waals surface area contributed by atoms with Crippen LogP contribution in [0.3, 0.4) is 0 Å². The van der Waals surface area contributed by atoms with Crippen LogP contribution in [0.15, 0.2) is 144 Å². The van der Waals surface area contributed by atoms with Crippen LogP contribution in [0.4, 0.5) is 4.39 Å². The van der Waals surface area contributed by atoms with Gasteiger partial charge in [-0.2, -0.15) is 0 Å². The molecular formula is C44H36FIrN3OSi-2. The van der Waals surface area contributed by atoms with Gasteiger partial charge in [-0.1, -0.05) is 104 Å². The summed E-state index contributed by atoms with van der Waals surface area (Å²) in [7, 11) is -1.30. The summed E-state index contributed by atoms with van der Waals surface area (Å²) in [6.07, 6.45) is 1.54. The van der Waals surface area contributed by atoms with E-state index in [1.165, 1.54) is 17.3 Å². The molecule has 7 heteroatoms. The predicted molar refractivity (Wildman–Crippen MR) is 204 cm³/mol. The minimum atomic E-state index is -1.85. The first-order chi connectivity index (χ1) is 25.8. The molecule has 0 aliphatic rings. The summed E-state index contributed by atoms with van der Waals surface area (Å²) in [5, 5.41) is 2.62. The van der Waals surface area contributed by atoms with Crippen molar-refractivity contribution in [2.24, 2.45) is 0 Å². The number of fused-ring (bicyclic) bond motifs is 3. The molecule has 0 saturated heterocycles. The Kier molecular flexibility index (Phi) is 9.56. The second-order valence-electron chi connectivity index (χ2n) is 12.8. The third kappa shape index (κ3) is 8.63. The quantitative estimate of drug-likeness (QED) is 0.118. The summed E-state index contributed by atoms with van der Waals surface area (Å²) in [5.41, 5.74) is 5.80. The predicted octanol–water partition coefficient (Wildman–Crippen LogP) is 10.3. The second-order valence-corrected chi connectivity index (χ2v) is 17.9. The fraction of sp³-hybridized carbons (Fsp3) is 0.114. The second kappa shape index (κ2) is 15.9. The Morgan fingerprint density at radius 2 is 1.37 bits per heavy atom. The maximum atomic E-state index is 12.8. The minimum absolute atomic E-state index is 0. The average molecular weight is 866 g/mol. The van der Waals surface area contributed by atoms with Gasteiger partial charge in [-0.15, -0.1) is 53.6 Å². The van der Waals surface area contributed by atoms with E-state index in [-0.39, 0.29) is 31.6 Å². The molecule has 0 aliphatic heterocycles. The minimum Gasteiger partial charge on any atom is -0.500 e. The van der Waals surface area contributed by atoms with Crippen LogP contribution in [0.5, 0.6) is 0 Å². The number of hydrogen-bond donors (Lipinski definition) is 0. The molecule has 0 N–H and O–H groups in total. The van der Waals surface area contributed by atoms with Crippen molar-refractivity contribution in [2.45, 2.75) is 32.4 Å². The van der Waals surface area contributed by atoms with Crippen LogP contribution in [-0.4, -0.2) is 23.0 Å². The van der Waals surface area contributed by atoms with E-state index < -0.39 is 20.8 Å². The van der Waals surface area contributed by atoms with E-state index in [9.17, 15) is 4.39 Å². The summed E-state index contributed by atoms with van der Waals surface area (Å²) in [6.45, 7) is 6.86. The summed E-state index contributed by atoms with van der Waals surface area (Å²) in [4.78, 5) is 13.4. The van der Waals surface area contributed by atoms with Gasteiger partial charge in [-0.05, 0) is 51.8 Å². The van der Waals surface area contributed by atoms with E-state index in [2.05, 4.69) is 52.8 Å². The van der Waals surface area contributed by atoms with Gasteiger partial charge >= 0.3 is 0 Å². The van der Waals surface area contributed by atoms with Crippen molar-refractivity contribution in [1.82, 2.24) is 15.0 Å². The molecule has 0 saturated carbocycles. The molecule has 255 valence electrons. The van der Waals surface area contributed by atoms with E-state index in [1.807, 2.05) is 42.6 Å². The topological polar surface area (TPSA) is 51.8 Å². The van der Waals surface area contributed by atoms with Crippen molar-refractivity contribution in [2.75, 3.05) is 0 Å². The van der Waals surface area contributed by atoms with Crippen molar-refractivity contribution >= 4 is 35.2 Å². The van der Waals surface area contributed by atoms with Crippen LogP contribution in [0.1, 0.15) is 27.9 Å². The normalized spacial score (nSPS) is 12.9. The molecule has 4 aromatic carbocycles. The van der Waals surface area contributed by atoms with Crippen molar-refractivity contribution in [3.05, 3.63) is 180 Å². The Hall–Kier alpha value is -5.07. The SMILES string of the molecule is C[Si](C)(C)c1ccc(-c2[c-]cc(F)cc2)nc1.[2H]C([2H])(c1ccccc1)c1ccnc(-c2[c-]cc3oc4ccnc(C([2H])([2H])c5ccccc5)c4c3c2)c1.[Ir]. The molecule has 8 rings (SSSR count). The van der Waals surface area contributed by atoms with Gasteiger partial charge in [-0.25, -0.2) is 0 Å². The number of rotatable bonds is 7. The number of aromatic nitrogens is 3. The zero-order valence-corrected chi connectivity index (χ0v) is 31.6. The molecule has 51 heavy (non-hydrogen) atoms. The largest absolute Gasteiger partial charge is 0.500 e. The van der Waals surface area contributed by atoms with Gasteiger partial charge in [0.05, 0.1) is 19.4 Å². The third-order valence-electron chi connectivity index (χ3n) is 8.13. The number of benzene rings is 4. The first-order valence-electron chi connectivity index (χ1n) is 18.3. The zero-order valence-electron chi connectivity index (χ0n) is 32.2. The molecule has 0 bridgehead atoms. The monoisotopic (exact) mass is 866 g/mol. The van der Waals surface area contributed by atoms with Crippen molar-refractivity contribution in [1.29, 1.82) is 0 Å². The number of hydrogen-bond acceptors (Lipinski definition) is 4. The molecule has 4 heterocycles. The van der Waals surface area contributed by atoms with Crippen LogP contribution in [-0.2, 0) is 32.9 Å². The van der Waals surface area contributed by atoms with Crippen molar-refractivity contribution in [3.63, 3.8) is 0 Å². The van der Waals surface area contributed by atoms with Crippen LogP contribution in [0.25, 0.3) is 44.5 Å². The maximum absolute atomic E-state index is 12.8. The molecule has 4 nitrogen and oxygen atoms in total. The Balaban J connectivity index is 0.000000241. The van der Waals surface area contributed by atoms with Gasteiger partial charge in [0.1, 0.15) is 5.58 Å². The zero-order chi connectivity index (χ0) is 38.1. The summed E-state index contributed by atoms with van der Waals surface area (Å²) in [5.74, 6) is -0.271. The Morgan fingerprint density at radius 3 is 2.04 bits per heavy atom. The fourth-order valence-corrected chi connectivity index (χ4v) is 6.51. The first-order valence-corrected chi connectivity index (χ1v) is 19.8. The van der Waals surface area contributed by atoms with Crippen LogP contribution in [0, 0.1) is 17.9 Å². The van der Waals surface area contributed by atoms with Gasteiger partial charge < -0.3 is 14.4 Å². The molecule has 0 atom stereocenters. The van der Waals surface area contributed by atoms with Gasteiger partial charge in [0, 0.05) is 61.8 Å². The molecule has 1 radical (unpaired) electrons. The molecule has 0 amide bonds. The number of nitrogens with zero attached hydrogens (tertiary/aromatic N) is 3. The third-order valence-corrected chi connectivity index (χ3v) is 10.2. The standard InChI is InChI=1S/C30H21N2O.C14H15FNSi.Ir/c1-3-7-21(8-4-1)17-23-13-15-31-26(19-23)24-11-12-28-25(20-24)30-27(32-16-14-29(30)33-28)18-22-9-5-2-6-10-22;1-17(2,3)13-8-9-14(16-10-13)11-4-6-12(15)7-5-11;/h1-10,12-16,19-20H,17-18H2;4,6-10H,1-3H3;/q2*-1;/i17D2,18D2;;. The molecule has 0 aliphatic carbocycles.